The van der Waals surface area contributed by atoms with Gasteiger partial charge in [-0.2, -0.15) is 0 Å². The van der Waals surface area contributed by atoms with Gasteiger partial charge in [-0.1, -0.05) is 17.7 Å². The summed E-state index contributed by atoms with van der Waals surface area (Å²) in [7, 11) is 0. The van der Waals surface area contributed by atoms with Crippen molar-refractivity contribution in [2.75, 3.05) is 26.3 Å². The Kier molecular flexibility index (Phi) is 6.38. The normalized spacial score (nSPS) is 20.9. The van der Waals surface area contributed by atoms with E-state index in [1.54, 1.807) is 12.1 Å². The molecule has 1 spiro atoms. The summed E-state index contributed by atoms with van der Waals surface area (Å²) in [5, 5.41) is 0. The lowest BCUT2D eigenvalue weighted by Crippen LogP contribution is -2.50. The monoisotopic (exact) mass is 411 g/mol. The van der Waals surface area contributed by atoms with Crippen molar-refractivity contribution in [3.05, 3.63) is 65.5 Å². The number of carbonyl (C=O) groups is 1. The zero-order valence-corrected chi connectivity index (χ0v) is 17.6. The second-order valence-electron chi connectivity index (χ2n) is 8.64. The molecule has 2 heterocycles. The van der Waals surface area contributed by atoms with E-state index in [4.69, 9.17) is 9.47 Å². The van der Waals surface area contributed by atoms with Crippen LogP contribution in [0.4, 0.5) is 4.39 Å². The Hall–Kier alpha value is -2.40. The maximum Gasteiger partial charge on any atom is 0.253 e. The Labute approximate surface area is 178 Å². The third-order valence-electron chi connectivity index (χ3n) is 6.43. The zero-order chi connectivity index (χ0) is 21.0. The van der Waals surface area contributed by atoms with Crippen molar-refractivity contribution in [3.8, 4) is 5.75 Å². The summed E-state index contributed by atoms with van der Waals surface area (Å²) in [6.45, 7) is 4.90. The van der Waals surface area contributed by atoms with Crippen LogP contribution in [0.1, 0.15) is 48.0 Å². The Bertz CT molecular complexity index is 859. The molecule has 160 valence electrons. The van der Waals surface area contributed by atoms with Gasteiger partial charge in [-0.05, 0) is 81.3 Å². The molecule has 2 aromatic carbocycles. The van der Waals surface area contributed by atoms with Crippen molar-refractivity contribution in [3.63, 3.8) is 0 Å². The maximum absolute atomic E-state index is 13.0. The Morgan fingerprint density at radius 3 is 2.70 bits per heavy atom. The van der Waals surface area contributed by atoms with E-state index in [1.807, 2.05) is 36.1 Å². The highest BCUT2D eigenvalue weighted by atomic mass is 19.1. The summed E-state index contributed by atoms with van der Waals surface area (Å²) in [6.07, 6.45) is 4.81. The van der Waals surface area contributed by atoms with Gasteiger partial charge in [-0.3, -0.25) is 4.79 Å². The molecule has 0 aromatic heterocycles. The Morgan fingerprint density at radius 2 is 1.97 bits per heavy atom. The van der Waals surface area contributed by atoms with Crippen LogP contribution >= 0.6 is 0 Å². The van der Waals surface area contributed by atoms with E-state index >= 15 is 0 Å². The van der Waals surface area contributed by atoms with E-state index in [-0.39, 0.29) is 17.3 Å². The van der Waals surface area contributed by atoms with Crippen LogP contribution in [0.2, 0.25) is 0 Å². The first kappa shape index (κ1) is 20.9. The molecular formula is C25H30FNO3. The molecule has 30 heavy (non-hydrogen) atoms. The molecule has 5 heteroatoms. The smallest absolute Gasteiger partial charge is 0.253 e. The van der Waals surface area contributed by atoms with Gasteiger partial charge in [0.15, 0.2) is 0 Å². The zero-order valence-electron chi connectivity index (χ0n) is 17.6. The lowest BCUT2D eigenvalue weighted by Gasteiger charge is -2.46. The first-order valence-corrected chi connectivity index (χ1v) is 10.9. The molecule has 1 unspecified atom stereocenters. The molecule has 0 aliphatic carbocycles. The van der Waals surface area contributed by atoms with Crippen molar-refractivity contribution in [2.45, 2.75) is 44.6 Å². The number of ether oxygens (including phenoxy) is 2. The van der Waals surface area contributed by atoms with E-state index in [2.05, 4.69) is 0 Å². The topological polar surface area (TPSA) is 38.8 Å². The fraction of sp³-hybridized carbons (Fsp3) is 0.480. The molecule has 0 saturated carbocycles. The van der Waals surface area contributed by atoms with Crippen LogP contribution < -0.4 is 4.74 Å². The predicted octanol–water partition coefficient (Wildman–Crippen LogP) is 5.00. The van der Waals surface area contributed by atoms with Gasteiger partial charge < -0.3 is 14.4 Å². The van der Waals surface area contributed by atoms with Gasteiger partial charge in [0.1, 0.15) is 11.6 Å². The lowest BCUT2D eigenvalue weighted by atomic mass is 9.78. The SMILES string of the molecule is Cc1cccc(C(=O)N2CCC3(CC2)CC(CCOc2ccc(F)cc2)CCO3)c1. The van der Waals surface area contributed by atoms with Crippen molar-refractivity contribution in [1.82, 2.24) is 4.90 Å². The van der Waals surface area contributed by atoms with E-state index in [0.29, 0.717) is 18.3 Å². The molecule has 2 fully saturated rings. The molecule has 2 saturated heterocycles. The predicted molar refractivity (Wildman–Crippen MR) is 114 cm³/mol. The van der Waals surface area contributed by atoms with Crippen LogP contribution in [0.25, 0.3) is 0 Å². The summed E-state index contributed by atoms with van der Waals surface area (Å²) < 4.78 is 25.0. The summed E-state index contributed by atoms with van der Waals surface area (Å²) in [5.41, 5.74) is 1.77. The number of nitrogens with zero attached hydrogens (tertiary/aromatic N) is 1. The molecule has 0 N–H and O–H groups in total. The highest BCUT2D eigenvalue weighted by molar-refractivity contribution is 5.94. The number of aryl methyl sites for hydroxylation is 1. The highest BCUT2D eigenvalue weighted by Crippen LogP contribution is 2.39. The van der Waals surface area contributed by atoms with Gasteiger partial charge in [0, 0.05) is 25.3 Å². The van der Waals surface area contributed by atoms with Crippen molar-refractivity contribution in [1.29, 1.82) is 0 Å². The minimum atomic E-state index is -0.249. The van der Waals surface area contributed by atoms with Crippen LogP contribution in [0.5, 0.6) is 5.75 Å². The molecule has 1 atom stereocenters. The van der Waals surface area contributed by atoms with Gasteiger partial charge in [0.2, 0.25) is 0 Å². The number of rotatable bonds is 5. The van der Waals surface area contributed by atoms with E-state index < -0.39 is 0 Å². The molecule has 2 aliphatic rings. The number of halogens is 1. The minimum Gasteiger partial charge on any atom is -0.494 e. The maximum atomic E-state index is 13.0. The quantitative estimate of drug-likeness (QED) is 0.695. The van der Waals surface area contributed by atoms with Crippen LogP contribution in [0.15, 0.2) is 48.5 Å². The summed E-state index contributed by atoms with van der Waals surface area (Å²) in [5.74, 6) is 1.13. The van der Waals surface area contributed by atoms with Crippen LogP contribution in [-0.4, -0.2) is 42.7 Å². The van der Waals surface area contributed by atoms with Gasteiger partial charge in [-0.15, -0.1) is 0 Å². The van der Waals surface area contributed by atoms with E-state index in [0.717, 1.165) is 62.9 Å². The lowest BCUT2D eigenvalue weighted by molar-refractivity contribution is -0.125. The third kappa shape index (κ3) is 5.01. The molecule has 2 aliphatic heterocycles. The van der Waals surface area contributed by atoms with Gasteiger partial charge in [-0.25, -0.2) is 4.39 Å². The molecular weight excluding hydrogens is 381 g/mol. The Morgan fingerprint density at radius 1 is 1.20 bits per heavy atom. The molecule has 0 bridgehead atoms. The summed E-state index contributed by atoms with van der Waals surface area (Å²) in [6, 6.07) is 14.0. The number of hydrogen-bond acceptors (Lipinski definition) is 3. The second kappa shape index (κ2) is 9.17. The fourth-order valence-electron chi connectivity index (χ4n) is 4.68. The first-order valence-electron chi connectivity index (χ1n) is 10.9. The van der Waals surface area contributed by atoms with Gasteiger partial charge >= 0.3 is 0 Å². The number of benzene rings is 2. The van der Waals surface area contributed by atoms with Crippen molar-refractivity contribution in [2.24, 2.45) is 5.92 Å². The standard InChI is InChI=1S/C25H30FNO3/c1-19-3-2-4-21(17-19)24(28)27-13-11-25(12-14-27)18-20(10-16-30-25)9-15-29-23-7-5-22(26)6-8-23/h2-8,17,20H,9-16,18H2,1H3. The molecule has 1 amide bonds. The minimum absolute atomic E-state index is 0.109. The highest BCUT2D eigenvalue weighted by Gasteiger charge is 2.41. The molecule has 2 aromatic rings. The molecule has 4 rings (SSSR count). The largest absolute Gasteiger partial charge is 0.494 e. The van der Waals surface area contributed by atoms with Gasteiger partial charge in [0.25, 0.3) is 5.91 Å². The summed E-state index contributed by atoms with van der Waals surface area (Å²) >= 11 is 0. The number of carbonyl (C=O) groups excluding carboxylic acids is 1. The summed E-state index contributed by atoms with van der Waals surface area (Å²) in [4.78, 5) is 14.8. The van der Waals surface area contributed by atoms with E-state index in [1.165, 1.54) is 12.1 Å². The van der Waals surface area contributed by atoms with Crippen molar-refractivity contribution >= 4 is 5.91 Å². The second-order valence-corrected chi connectivity index (χ2v) is 8.64. The first-order chi connectivity index (χ1) is 14.5. The van der Waals surface area contributed by atoms with Crippen LogP contribution in [-0.2, 0) is 4.74 Å². The third-order valence-corrected chi connectivity index (χ3v) is 6.43. The van der Waals surface area contributed by atoms with Gasteiger partial charge in [0.05, 0.1) is 12.2 Å². The molecule has 0 radical (unpaired) electrons. The molecule has 4 nitrogen and oxygen atoms in total. The Balaban J connectivity index is 1.27. The van der Waals surface area contributed by atoms with Crippen molar-refractivity contribution < 1.29 is 18.7 Å². The number of hydrogen-bond donors (Lipinski definition) is 0. The average Bonchev–Trinajstić information content (AvgIpc) is 2.75. The number of amides is 1. The number of piperidine rings is 1. The fourth-order valence-corrected chi connectivity index (χ4v) is 4.68. The van der Waals surface area contributed by atoms with Crippen LogP contribution in [0, 0.1) is 18.7 Å². The van der Waals surface area contributed by atoms with E-state index in [9.17, 15) is 9.18 Å². The van der Waals surface area contributed by atoms with Crippen LogP contribution in [0.3, 0.4) is 0 Å². The number of likely N-dealkylation sites (tertiary alicyclic amines) is 1. The average molecular weight is 412 g/mol.